The monoisotopic (exact) mass is 260 g/mol. The molecule has 1 rings (SSSR count). The van der Waals surface area contributed by atoms with Gasteiger partial charge >= 0.3 is 0 Å². The second-order valence-corrected chi connectivity index (χ2v) is 5.12. The Hall–Kier alpha value is -1.44. The first-order valence-corrected chi connectivity index (χ1v) is 6.89. The van der Waals surface area contributed by atoms with Crippen molar-refractivity contribution in [1.82, 2.24) is 15.2 Å². The van der Waals surface area contributed by atoms with E-state index >= 15 is 0 Å². The van der Waals surface area contributed by atoms with E-state index in [0.29, 0.717) is 11.7 Å². The van der Waals surface area contributed by atoms with Crippen molar-refractivity contribution in [1.29, 1.82) is 5.26 Å². The van der Waals surface area contributed by atoms with E-state index < -0.39 is 0 Å². The predicted molar refractivity (Wildman–Crippen MR) is 77.7 cm³/mol. The quantitative estimate of drug-likeness (QED) is 0.728. The Morgan fingerprint density at radius 1 is 1.42 bits per heavy atom. The second kappa shape index (κ2) is 8.63. The van der Waals surface area contributed by atoms with Crippen molar-refractivity contribution in [2.75, 3.05) is 20.1 Å². The van der Waals surface area contributed by atoms with E-state index in [0.717, 1.165) is 25.2 Å². The molecule has 0 unspecified atom stereocenters. The molecular formula is C15H24N4. The average Bonchev–Trinajstić information content (AvgIpc) is 2.42. The summed E-state index contributed by atoms with van der Waals surface area (Å²) in [7, 11) is 2.17. The molecule has 19 heavy (non-hydrogen) atoms. The standard InChI is InChI=1S/C15H24N4/c1-13(2)19(3)9-5-4-7-17-12-14-6-8-18-15(10-14)11-16/h6,8,10,13,17H,4-5,7,9,12H2,1-3H3. The molecule has 1 N–H and O–H groups in total. The van der Waals surface area contributed by atoms with E-state index in [9.17, 15) is 0 Å². The Bertz CT molecular complexity index is 409. The molecule has 4 heteroatoms. The van der Waals surface area contributed by atoms with E-state index in [1.807, 2.05) is 12.1 Å². The van der Waals surface area contributed by atoms with Gasteiger partial charge in [-0.25, -0.2) is 4.98 Å². The highest BCUT2D eigenvalue weighted by atomic mass is 15.1. The Balaban J connectivity index is 2.12. The van der Waals surface area contributed by atoms with E-state index in [-0.39, 0.29) is 0 Å². The lowest BCUT2D eigenvalue weighted by Gasteiger charge is -2.20. The predicted octanol–water partition coefficient (Wildman–Crippen LogP) is 2.16. The van der Waals surface area contributed by atoms with Crippen molar-refractivity contribution in [3.05, 3.63) is 29.6 Å². The Morgan fingerprint density at radius 3 is 2.89 bits per heavy atom. The van der Waals surface area contributed by atoms with Crippen LogP contribution in [-0.4, -0.2) is 36.1 Å². The van der Waals surface area contributed by atoms with Crippen LogP contribution in [0.5, 0.6) is 0 Å². The van der Waals surface area contributed by atoms with Crippen LogP contribution in [0.2, 0.25) is 0 Å². The average molecular weight is 260 g/mol. The van der Waals surface area contributed by atoms with Gasteiger partial charge < -0.3 is 10.2 Å². The minimum atomic E-state index is 0.484. The lowest BCUT2D eigenvalue weighted by molar-refractivity contribution is 0.268. The number of nitrogens with one attached hydrogen (secondary N) is 1. The minimum Gasteiger partial charge on any atom is -0.313 e. The van der Waals surface area contributed by atoms with Gasteiger partial charge in [-0.1, -0.05) is 0 Å². The molecule has 104 valence electrons. The summed E-state index contributed by atoms with van der Waals surface area (Å²) < 4.78 is 0. The molecular weight excluding hydrogens is 236 g/mol. The second-order valence-electron chi connectivity index (χ2n) is 5.12. The first-order valence-electron chi connectivity index (χ1n) is 6.89. The number of nitriles is 1. The zero-order valence-corrected chi connectivity index (χ0v) is 12.2. The number of hydrogen-bond acceptors (Lipinski definition) is 4. The number of hydrogen-bond donors (Lipinski definition) is 1. The summed E-state index contributed by atoms with van der Waals surface area (Å²) in [4.78, 5) is 6.32. The van der Waals surface area contributed by atoms with Crippen molar-refractivity contribution in [2.24, 2.45) is 0 Å². The van der Waals surface area contributed by atoms with Gasteiger partial charge in [-0.3, -0.25) is 0 Å². The maximum absolute atomic E-state index is 8.76. The van der Waals surface area contributed by atoms with Gasteiger partial charge in [-0.05, 0) is 64.5 Å². The molecule has 0 atom stereocenters. The third-order valence-electron chi connectivity index (χ3n) is 3.26. The molecule has 0 bridgehead atoms. The molecule has 0 aromatic carbocycles. The fourth-order valence-corrected chi connectivity index (χ4v) is 1.75. The van der Waals surface area contributed by atoms with Gasteiger partial charge in [0.25, 0.3) is 0 Å². The zero-order valence-electron chi connectivity index (χ0n) is 12.2. The van der Waals surface area contributed by atoms with Crippen molar-refractivity contribution < 1.29 is 0 Å². The smallest absolute Gasteiger partial charge is 0.140 e. The van der Waals surface area contributed by atoms with E-state index in [1.165, 1.54) is 12.8 Å². The summed E-state index contributed by atoms with van der Waals surface area (Å²) in [5.41, 5.74) is 1.60. The number of nitrogens with zero attached hydrogens (tertiary/aromatic N) is 3. The third-order valence-corrected chi connectivity index (χ3v) is 3.26. The van der Waals surface area contributed by atoms with Gasteiger partial charge in [-0.2, -0.15) is 5.26 Å². The molecule has 0 radical (unpaired) electrons. The zero-order chi connectivity index (χ0) is 14.1. The van der Waals surface area contributed by atoms with Crippen molar-refractivity contribution in [2.45, 2.75) is 39.3 Å². The molecule has 0 aliphatic heterocycles. The van der Waals surface area contributed by atoms with Crippen LogP contribution in [0.1, 0.15) is 37.9 Å². The lowest BCUT2D eigenvalue weighted by Crippen LogP contribution is -2.27. The van der Waals surface area contributed by atoms with Crippen molar-refractivity contribution in [3.63, 3.8) is 0 Å². The molecule has 0 amide bonds. The topological polar surface area (TPSA) is 52.0 Å². The highest BCUT2D eigenvalue weighted by molar-refractivity contribution is 5.25. The maximum Gasteiger partial charge on any atom is 0.140 e. The normalized spacial score (nSPS) is 10.9. The van der Waals surface area contributed by atoms with Crippen LogP contribution < -0.4 is 5.32 Å². The molecule has 1 aromatic heterocycles. The summed E-state index contributed by atoms with van der Waals surface area (Å²) in [5, 5.41) is 12.2. The van der Waals surface area contributed by atoms with Crippen LogP contribution in [0.25, 0.3) is 0 Å². The summed E-state index contributed by atoms with van der Waals surface area (Å²) in [6.45, 7) is 7.39. The van der Waals surface area contributed by atoms with E-state index in [2.05, 4.69) is 42.2 Å². The van der Waals surface area contributed by atoms with Gasteiger partial charge in [0.05, 0.1) is 0 Å². The lowest BCUT2D eigenvalue weighted by atomic mass is 10.2. The van der Waals surface area contributed by atoms with E-state index in [1.54, 1.807) is 6.20 Å². The molecule has 0 fully saturated rings. The first kappa shape index (κ1) is 15.6. The highest BCUT2D eigenvalue weighted by Gasteiger charge is 2.01. The van der Waals surface area contributed by atoms with E-state index in [4.69, 9.17) is 5.26 Å². The van der Waals surface area contributed by atoms with Crippen LogP contribution in [0, 0.1) is 11.3 Å². The van der Waals surface area contributed by atoms with Gasteiger partial charge in [0, 0.05) is 18.8 Å². The van der Waals surface area contributed by atoms with Gasteiger partial charge in [0.1, 0.15) is 11.8 Å². The highest BCUT2D eigenvalue weighted by Crippen LogP contribution is 2.01. The van der Waals surface area contributed by atoms with Crippen LogP contribution in [0.3, 0.4) is 0 Å². The fraction of sp³-hybridized carbons (Fsp3) is 0.600. The van der Waals surface area contributed by atoms with Crippen LogP contribution in [-0.2, 0) is 6.54 Å². The fourth-order valence-electron chi connectivity index (χ4n) is 1.75. The van der Waals surface area contributed by atoms with Gasteiger partial charge in [0.15, 0.2) is 0 Å². The SMILES string of the molecule is CC(C)N(C)CCCCNCc1ccnc(C#N)c1. The number of rotatable bonds is 8. The molecule has 0 saturated heterocycles. The number of pyridine rings is 1. The summed E-state index contributed by atoms with van der Waals surface area (Å²) in [5.74, 6) is 0. The summed E-state index contributed by atoms with van der Waals surface area (Å²) in [6, 6.07) is 6.45. The molecule has 0 spiro atoms. The van der Waals surface area contributed by atoms with Gasteiger partial charge in [-0.15, -0.1) is 0 Å². The Kier molecular flexibility index (Phi) is 7.09. The summed E-state index contributed by atoms with van der Waals surface area (Å²) in [6.07, 6.45) is 4.07. The van der Waals surface area contributed by atoms with Crippen molar-refractivity contribution in [3.8, 4) is 6.07 Å². The molecule has 0 aliphatic rings. The molecule has 0 saturated carbocycles. The molecule has 0 aliphatic carbocycles. The maximum atomic E-state index is 8.76. The Labute approximate surface area is 116 Å². The molecule has 1 aromatic rings. The van der Waals surface area contributed by atoms with Crippen LogP contribution >= 0.6 is 0 Å². The van der Waals surface area contributed by atoms with Crippen LogP contribution in [0.4, 0.5) is 0 Å². The Morgan fingerprint density at radius 2 is 2.21 bits per heavy atom. The molecule has 4 nitrogen and oxygen atoms in total. The first-order chi connectivity index (χ1) is 9.13. The molecule has 1 heterocycles. The van der Waals surface area contributed by atoms with Crippen LogP contribution in [0.15, 0.2) is 18.3 Å². The number of aromatic nitrogens is 1. The van der Waals surface area contributed by atoms with Crippen molar-refractivity contribution >= 4 is 0 Å². The minimum absolute atomic E-state index is 0.484. The summed E-state index contributed by atoms with van der Waals surface area (Å²) >= 11 is 0. The van der Waals surface area contributed by atoms with Gasteiger partial charge in [0.2, 0.25) is 0 Å². The largest absolute Gasteiger partial charge is 0.313 e. The number of unbranched alkanes of at least 4 members (excludes halogenated alkanes) is 1. The third kappa shape index (κ3) is 6.32.